The predicted octanol–water partition coefficient (Wildman–Crippen LogP) is 9.96. The van der Waals surface area contributed by atoms with Crippen LogP contribution in [0.5, 0.6) is 0 Å². The van der Waals surface area contributed by atoms with Crippen molar-refractivity contribution in [2.45, 2.75) is 132 Å². The summed E-state index contributed by atoms with van der Waals surface area (Å²) in [5.74, 6) is 5.79. The van der Waals surface area contributed by atoms with Gasteiger partial charge in [-0.1, -0.05) is 61.1 Å². The van der Waals surface area contributed by atoms with E-state index in [1.807, 2.05) is 7.11 Å². The molecule has 5 aliphatic carbocycles. The van der Waals surface area contributed by atoms with Gasteiger partial charge in [0.2, 0.25) is 0 Å². The highest BCUT2D eigenvalue weighted by Crippen LogP contribution is 2.78. The van der Waals surface area contributed by atoms with Crippen molar-refractivity contribution < 1.29 is 14.2 Å². The van der Waals surface area contributed by atoms with Gasteiger partial charge in [0.05, 0.1) is 13.7 Å². The van der Waals surface area contributed by atoms with Gasteiger partial charge in [-0.25, -0.2) is 0 Å². The smallest absolute Gasteiger partial charge is 0.157 e. The molecule has 6 rings (SSSR count). The van der Waals surface area contributed by atoms with Crippen molar-refractivity contribution in [3.8, 4) is 0 Å². The standard InChI is InChI=1S/C38H62O3/c1-10-26-23-35(6)29(34(4,5)33(26)39-9)17-18-37(8)30(35)15-14-28-32-27(25(2)3)16-19-38(32,21-20-36(28,37)7)24-41-31-13-11-12-22-40-31/h10,25,27-32H,1,11-24H2,2-9H3/t27-,28+,29-,30+,31?,32+,35-,36+,37+,38+/m0/s1. The van der Waals surface area contributed by atoms with Crippen LogP contribution in [0, 0.1) is 62.6 Å². The summed E-state index contributed by atoms with van der Waals surface area (Å²) in [5.41, 5.74) is 2.83. The Morgan fingerprint density at radius 2 is 1.68 bits per heavy atom. The zero-order valence-corrected chi connectivity index (χ0v) is 28.0. The number of methoxy groups -OCH3 is 1. The van der Waals surface area contributed by atoms with Crippen LogP contribution in [-0.4, -0.2) is 26.6 Å². The summed E-state index contributed by atoms with van der Waals surface area (Å²) >= 11 is 0. The molecule has 41 heavy (non-hydrogen) atoms. The van der Waals surface area contributed by atoms with Crippen molar-refractivity contribution in [1.29, 1.82) is 0 Å². The molecule has 5 fully saturated rings. The monoisotopic (exact) mass is 566 g/mol. The second kappa shape index (κ2) is 10.4. The van der Waals surface area contributed by atoms with E-state index in [0.717, 1.165) is 55.6 Å². The minimum atomic E-state index is 0.0347. The van der Waals surface area contributed by atoms with Gasteiger partial charge in [0, 0.05) is 12.0 Å². The Hall–Kier alpha value is -0.800. The maximum absolute atomic E-state index is 6.71. The first-order valence-corrected chi connectivity index (χ1v) is 17.5. The van der Waals surface area contributed by atoms with Crippen molar-refractivity contribution in [1.82, 2.24) is 0 Å². The third-order valence-electron chi connectivity index (χ3n) is 15.2. The van der Waals surface area contributed by atoms with Crippen LogP contribution in [-0.2, 0) is 14.2 Å². The van der Waals surface area contributed by atoms with E-state index in [2.05, 4.69) is 61.1 Å². The first kappa shape index (κ1) is 30.2. The van der Waals surface area contributed by atoms with E-state index >= 15 is 0 Å². The van der Waals surface area contributed by atoms with E-state index in [0.29, 0.717) is 27.6 Å². The van der Waals surface area contributed by atoms with Crippen molar-refractivity contribution in [2.75, 3.05) is 20.3 Å². The first-order valence-electron chi connectivity index (χ1n) is 17.5. The molecule has 0 bridgehead atoms. The fraction of sp³-hybridized carbons (Fsp3) is 0.895. The molecular formula is C38H62O3. The quantitative estimate of drug-likeness (QED) is 0.320. The van der Waals surface area contributed by atoms with E-state index in [9.17, 15) is 0 Å². The van der Waals surface area contributed by atoms with Crippen LogP contribution >= 0.6 is 0 Å². The highest BCUT2D eigenvalue weighted by Gasteiger charge is 2.71. The van der Waals surface area contributed by atoms with Gasteiger partial charge in [-0.15, -0.1) is 0 Å². The van der Waals surface area contributed by atoms with Crippen LogP contribution in [0.4, 0.5) is 0 Å². The van der Waals surface area contributed by atoms with E-state index in [1.54, 1.807) is 0 Å². The third kappa shape index (κ3) is 4.23. The Morgan fingerprint density at radius 3 is 2.34 bits per heavy atom. The molecule has 0 spiro atoms. The molecule has 4 saturated carbocycles. The van der Waals surface area contributed by atoms with Crippen molar-refractivity contribution >= 4 is 0 Å². The maximum Gasteiger partial charge on any atom is 0.157 e. The van der Waals surface area contributed by atoms with Crippen molar-refractivity contribution in [3.63, 3.8) is 0 Å². The van der Waals surface area contributed by atoms with Crippen molar-refractivity contribution in [2.24, 2.45) is 62.6 Å². The first-order chi connectivity index (χ1) is 19.4. The Kier molecular flexibility index (Phi) is 7.66. The number of rotatable bonds is 6. The summed E-state index contributed by atoms with van der Waals surface area (Å²) in [5, 5.41) is 0. The zero-order chi connectivity index (χ0) is 29.4. The summed E-state index contributed by atoms with van der Waals surface area (Å²) in [6.45, 7) is 24.3. The van der Waals surface area contributed by atoms with E-state index in [4.69, 9.17) is 14.2 Å². The van der Waals surface area contributed by atoms with Crippen LogP contribution in [0.1, 0.15) is 126 Å². The van der Waals surface area contributed by atoms with E-state index < -0.39 is 0 Å². The van der Waals surface area contributed by atoms with Gasteiger partial charge in [0.1, 0.15) is 5.76 Å². The lowest BCUT2D eigenvalue weighted by atomic mass is 9.32. The van der Waals surface area contributed by atoms with Crippen LogP contribution in [0.25, 0.3) is 0 Å². The number of hydrogen-bond donors (Lipinski definition) is 0. The Bertz CT molecular complexity index is 1040. The summed E-state index contributed by atoms with van der Waals surface area (Å²) in [4.78, 5) is 0. The summed E-state index contributed by atoms with van der Waals surface area (Å²) < 4.78 is 18.9. The lowest BCUT2D eigenvalue weighted by Gasteiger charge is -2.72. The molecule has 0 aromatic heterocycles. The van der Waals surface area contributed by atoms with Crippen LogP contribution in [0.3, 0.4) is 0 Å². The van der Waals surface area contributed by atoms with Gasteiger partial charge < -0.3 is 14.2 Å². The predicted molar refractivity (Wildman–Crippen MR) is 168 cm³/mol. The van der Waals surface area contributed by atoms with Gasteiger partial charge in [-0.2, -0.15) is 0 Å². The van der Waals surface area contributed by atoms with E-state index in [-0.39, 0.29) is 11.7 Å². The molecule has 0 radical (unpaired) electrons. The molecule has 1 saturated heterocycles. The summed E-state index contributed by atoms with van der Waals surface area (Å²) in [6.07, 6.45) is 17.8. The Balaban J connectivity index is 1.34. The molecule has 10 atom stereocenters. The average molecular weight is 567 g/mol. The van der Waals surface area contributed by atoms with Crippen LogP contribution in [0.15, 0.2) is 24.0 Å². The second-order valence-electron chi connectivity index (χ2n) is 17.3. The van der Waals surface area contributed by atoms with Gasteiger partial charge >= 0.3 is 0 Å². The van der Waals surface area contributed by atoms with Gasteiger partial charge in [0.15, 0.2) is 6.29 Å². The maximum atomic E-state index is 6.71. The molecule has 232 valence electrons. The fourth-order valence-corrected chi connectivity index (χ4v) is 13.3. The van der Waals surface area contributed by atoms with Crippen LogP contribution in [0.2, 0.25) is 0 Å². The number of allylic oxidation sites excluding steroid dienone is 3. The molecule has 0 amide bonds. The number of fused-ring (bicyclic) bond motifs is 7. The highest BCUT2D eigenvalue weighted by molar-refractivity contribution is 5.33. The topological polar surface area (TPSA) is 27.7 Å². The molecular weight excluding hydrogens is 504 g/mol. The zero-order valence-electron chi connectivity index (χ0n) is 28.0. The number of hydrogen-bond acceptors (Lipinski definition) is 3. The Labute approximate surface area is 252 Å². The lowest BCUT2D eigenvalue weighted by molar-refractivity contribution is -0.245. The van der Waals surface area contributed by atoms with Crippen LogP contribution < -0.4 is 0 Å². The molecule has 0 N–H and O–H groups in total. The van der Waals surface area contributed by atoms with Crippen molar-refractivity contribution in [3.05, 3.63) is 24.0 Å². The average Bonchev–Trinajstić information content (AvgIpc) is 3.32. The molecule has 1 heterocycles. The molecule has 0 aromatic rings. The fourth-order valence-electron chi connectivity index (χ4n) is 13.3. The normalized spacial score (nSPS) is 49.1. The third-order valence-corrected chi connectivity index (χ3v) is 15.2. The lowest BCUT2D eigenvalue weighted by Crippen LogP contribution is -2.66. The molecule has 1 aliphatic heterocycles. The minimum absolute atomic E-state index is 0.0347. The SMILES string of the molecule is C=CC1=C(OC)C(C)(C)[C@@H]2CC[C@]3(C)[C@H](CC[C@@H]4[C@H]5[C@H](C(C)C)CC[C@]5(COC5CCCCO5)CC[C@]43C)[C@@]2(C)C1. The Morgan fingerprint density at radius 1 is 0.902 bits per heavy atom. The molecule has 3 nitrogen and oxygen atoms in total. The molecule has 0 aromatic carbocycles. The van der Waals surface area contributed by atoms with Gasteiger partial charge in [-0.3, -0.25) is 0 Å². The highest BCUT2D eigenvalue weighted by atomic mass is 16.7. The largest absolute Gasteiger partial charge is 0.500 e. The molecule has 1 unspecified atom stereocenters. The second-order valence-corrected chi connectivity index (χ2v) is 17.3. The summed E-state index contributed by atoms with van der Waals surface area (Å²) in [7, 11) is 1.88. The molecule has 3 heteroatoms. The number of ether oxygens (including phenoxy) is 3. The molecule has 6 aliphatic rings. The van der Waals surface area contributed by atoms with E-state index in [1.165, 1.54) is 75.5 Å². The van der Waals surface area contributed by atoms with Gasteiger partial charge in [0.25, 0.3) is 0 Å². The summed E-state index contributed by atoms with van der Waals surface area (Å²) in [6, 6.07) is 0. The minimum Gasteiger partial charge on any atom is -0.500 e. The van der Waals surface area contributed by atoms with Gasteiger partial charge in [-0.05, 0) is 140 Å².